The highest BCUT2D eigenvalue weighted by Crippen LogP contribution is 2.52. The minimum Gasteiger partial charge on any atom is -0.404 e. The average Bonchev–Trinajstić information content (AvgIpc) is 3.45. The lowest BCUT2D eigenvalue weighted by Gasteiger charge is -2.23. The maximum absolute atomic E-state index is 5.40. The number of allylic oxidation sites excluding steroid dienone is 8. The Bertz CT molecular complexity index is 1320. The van der Waals surface area contributed by atoms with Crippen LogP contribution < -0.4 is 5.73 Å². The molecule has 1 fully saturated rings. The van der Waals surface area contributed by atoms with Crippen LogP contribution in [0.4, 0.5) is 0 Å². The summed E-state index contributed by atoms with van der Waals surface area (Å²) in [4.78, 5) is 13.5. The van der Waals surface area contributed by atoms with Crippen molar-refractivity contribution in [1.82, 2.24) is 4.98 Å². The molecule has 0 aromatic carbocycles. The van der Waals surface area contributed by atoms with Crippen LogP contribution in [0.2, 0.25) is 0 Å². The van der Waals surface area contributed by atoms with E-state index in [2.05, 4.69) is 81.4 Å². The standard InChI is InChI=1S/C31H34N4S2/c1-11-26(19-36-15-13-32)34-24(7)20(3)17-27-22(5)23(6)28(31(27,9)10)18-21(4)25(8)35-29(12-2)30-33-14-16-37-30/h11-18H,1-8,19,32H2,9-10H3/b15-13-,27-17+,28-18+,34-26?,35-29?. The largest absolute Gasteiger partial charge is 0.404 e. The molecule has 0 atom stereocenters. The molecule has 0 amide bonds. The van der Waals surface area contributed by atoms with Gasteiger partial charge in [0.15, 0.2) is 0 Å². The first-order valence-electron chi connectivity index (χ1n) is 11.4. The van der Waals surface area contributed by atoms with Crippen molar-refractivity contribution in [1.29, 1.82) is 0 Å². The number of thiazole rings is 1. The number of nitrogens with two attached hydrogens (primary N) is 1. The van der Waals surface area contributed by atoms with E-state index in [1.807, 2.05) is 17.5 Å². The lowest BCUT2D eigenvalue weighted by molar-refractivity contribution is 0.582. The molecule has 0 unspecified atom stereocenters. The molecule has 1 saturated carbocycles. The second-order valence-corrected chi connectivity index (χ2v) is 10.4. The van der Waals surface area contributed by atoms with Gasteiger partial charge in [-0.15, -0.1) is 23.1 Å². The van der Waals surface area contributed by atoms with Crippen LogP contribution in [0.5, 0.6) is 0 Å². The van der Waals surface area contributed by atoms with Crippen LogP contribution in [0.3, 0.4) is 0 Å². The Morgan fingerprint density at radius 1 is 1.00 bits per heavy atom. The van der Waals surface area contributed by atoms with E-state index in [0.717, 1.165) is 33.0 Å². The smallest absolute Gasteiger partial charge is 0.141 e. The predicted molar refractivity (Wildman–Crippen MR) is 167 cm³/mol. The first kappa shape index (κ1) is 29.5. The summed E-state index contributed by atoms with van der Waals surface area (Å²) < 4.78 is 0. The fraction of sp³-hybridized carbons (Fsp3) is 0.129. The lowest BCUT2D eigenvalue weighted by atomic mass is 9.81. The van der Waals surface area contributed by atoms with Gasteiger partial charge in [0.2, 0.25) is 0 Å². The quantitative estimate of drug-likeness (QED) is 0.221. The number of aromatic nitrogens is 1. The fourth-order valence-electron chi connectivity index (χ4n) is 3.59. The predicted octanol–water partition coefficient (Wildman–Crippen LogP) is 8.05. The van der Waals surface area contributed by atoms with Crippen molar-refractivity contribution in [2.75, 3.05) is 5.75 Å². The molecule has 37 heavy (non-hydrogen) atoms. The molecule has 0 saturated heterocycles. The minimum atomic E-state index is -0.409. The van der Waals surface area contributed by atoms with Crippen molar-refractivity contribution in [2.45, 2.75) is 13.8 Å². The Balaban J connectivity index is 2.34. The Morgan fingerprint density at radius 3 is 2.03 bits per heavy atom. The van der Waals surface area contributed by atoms with Crippen LogP contribution >= 0.6 is 23.1 Å². The Labute approximate surface area is 229 Å². The number of thioether (sulfide) groups is 1. The number of hydrogen-bond acceptors (Lipinski definition) is 6. The normalized spacial score (nSPS) is 18.0. The van der Waals surface area contributed by atoms with E-state index >= 15 is 0 Å². The van der Waals surface area contributed by atoms with Crippen LogP contribution in [0.1, 0.15) is 18.9 Å². The minimum absolute atomic E-state index is 0.409. The van der Waals surface area contributed by atoms with E-state index in [4.69, 9.17) is 5.73 Å². The van der Waals surface area contributed by atoms with Gasteiger partial charge in [0, 0.05) is 28.9 Å². The van der Waals surface area contributed by atoms with Crippen molar-refractivity contribution in [2.24, 2.45) is 21.1 Å². The van der Waals surface area contributed by atoms with Crippen molar-refractivity contribution in [3.63, 3.8) is 0 Å². The van der Waals surface area contributed by atoms with Crippen molar-refractivity contribution >= 4 is 34.5 Å². The van der Waals surface area contributed by atoms with Gasteiger partial charge in [-0.1, -0.05) is 66.5 Å². The number of nitrogens with zero attached hydrogens (tertiary/aromatic N) is 3. The van der Waals surface area contributed by atoms with Gasteiger partial charge < -0.3 is 5.73 Å². The molecular weight excluding hydrogens is 493 g/mol. The number of hydrogen-bond donors (Lipinski definition) is 1. The summed E-state index contributed by atoms with van der Waals surface area (Å²) >= 11 is 3.01. The van der Waals surface area contributed by atoms with Crippen molar-refractivity contribution < 1.29 is 0 Å². The molecule has 1 aromatic heterocycles. The summed E-state index contributed by atoms with van der Waals surface area (Å²) in [5.41, 5.74) is 12.5. The number of rotatable bonds is 12. The Hall–Kier alpha value is -3.74. The zero-order valence-electron chi connectivity index (χ0n) is 21.7. The third-order valence-corrected chi connectivity index (χ3v) is 7.37. The molecule has 0 spiro atoms. The van der Waals surface area contributed by atoms with E-state index in [-0.39, 0.29) is 0 Å². The van der Waals surface area contributed by atoms with Crippen molar-refractivity contribution in [3.8, 4) is 0 Å². The molecule has 1 aliphatic rings. The van der Waals surface area contributed by atoms with Gasteiger partial charge in [0.05, 0.1) is 22.8 Å². The fourth-order valence-corrected chi connectivity index (χ4v) is 4.78. The summed E-state index contributed by atoms with van der Waals surface area (Å²) in [7, 11) is 0. The summed E-state index contributed by atoms with van der Waals surface area (Å²) in [6, 6.07) is 0. The van der Waals surface area contributed by atoms with Gasteiger partial charge in [-0.3, -0.25) is 4.99 Å². The van der Waals surface area contributed by atoms with Crippen LogP contribution in [0.15, 0.2) is 155 Å². The zero-order chi connectivity index (χ0) is 27.8. The lowest BCUT2D eigenvalue weighted by Crippen LogP contribution is -2.12. The van der Waals surface area contributed by atoms with Crippen molar-refractivity contribution in [3.05, 3.63) is 150 Å². The average molecular weight is 527 g/mol. The molecule has 6 heteroatoms. The molecule has 190 valence electrons. The van der Waals surface area contributed by atoms with E-state index in [1.165, 1.54) is 29.3 Å². The summed E-state index contributed by atoms with van der Waals surface area (Å²) in [5.74, 6) is 0.632. The second-order valence-electron chi connectivity index (χ2n) is 8.63. The summed E-state index contributed by atoms with van der Waals surface area (Å²) in [5, 5.41) is 4.47. The molecule has 4 nitrogen and oxygen atoms in total. The monoisotopic (exact) mass is 526 g/mol. The topological polar surface area (TPSA) is 63.6 Å². The SMILES string of the molecule is C=CC(CS/C=C\N)=NC(=C)C(=C)/C=C1\C(=C)C(=C)/C(=C\C(=C)C(=C)N=C(C=C)c2nccs2)C1(C)C. The van der Waals surface area contributed by atoms with Crippen LogP contribution in [-0.4, -0.2) is 22.2 Å². The maximum Gasteiger partial charge on any atom is 0.141 e. The van der Waals surface area contributed by atoms with E-state index in [1.54, 1.807) is 23.8 Å². The van der Waals surface area contributed by atoms with Gasteiger partial charge in [0.1, 0.15) is 5.01 Å². The maximum atomic E-state index is 5.40. The molecule has 1 heterocycles. The Kier molecular flexibility index (Phi) is 10.4. The molecule has 1 aromatic rings. The van der Waals surface area contributed by atoms with E-state index in [9.17, 15) is 0 Å². The molecule has 1 aliphatic carbocycles. The molecular formula is C31H34N4S2. The highest BCUT2D eigenvalue weighted by atomic mass is 32.2. The van der Waals surface area contributed by atoms with Gasteiger partial charge >= 0.3 is 0 Å². The number of aliphatic imine (C=N–C) groups is 2. The van der Waals surface area contributed by atoms with Gasteiger partial charge in [-0.25, -0.2) is 9.98 Å². The van der Waals surface area contributed by atoms with E-state index in [0.29, 0.717) is 34.0 Å². The Morgan fingerprint density at radius 2 is 1.57 bits per heavy atom. The summed E-state index contributed by atoms with van der Waals surface area (Å²) in [6.45, 7) is 37.1. The van der Waals surface area contributed by atoms with Gasteiger partial charge in [-0.2, -0.15) is 0 Å². The first-order valence-corrected chi connectivity index (χ1v) is 13.3. The third-order valence-electron chi connectivity index (χ3n) is 5.76. The van der Waals surface area contributed by atoms with Crippen LogP contribution in [0, 0.1) is 5.41 Å². The van der Waals surface area contributed by atoms with Gasteiger partial charge in [0.25, 0.3) is 0 Å². The summed E-state index contributed by atoms with van der Waals surface area (Å²) in [6.07, 6.45) is 10.5. The first-order chi connectivity index (χ1) is 17.5. The van der Waals surface area contributed by atoms with Crippen LogP contribution in [-0.2, 0) is 0 Å². The molecule has 0 bridgehead atoms. The molecule has 0 aliphatic heterocycles. The van der Waals surface area contributed by atoms with Crippen LogP contribution in [0.25, 0.3) is 0 Å². The molecule has 2 N–H and O–H groups in total. The molecule has 0 radical (unpaired) electrons. The molecule has 2 rings (SSSR count). The van der Waals surface area contributed by atoms with E-state index < -0.39 is 5.41 Å². The zero-order valence-corrected chi connectivity index (χ0v) is 23.4. The van der Waals surface area contributed by atoms with Gasteiger partial charge in [-0.05, 0) is 63.2 Å². The highest BCUT2D eigenvalue weighted by Gasteiger charge is 2.39. The third kappa shape index (κ3) is 7.15. The second kappa shape index (κ2) is 13.0. The highest BCUT2D eigenvalue weighted by molar-refractivity contribution is 8.02.